The van der Waals surface area contributed by atoms with Crippen molar-refractivity contribution < 1.29 is 29.9 Å². The van der Waals surface area contributed by atoms with Crippen LogP contribution in [0.25, 0.3) is 0 Å². The second kappa shape index (κ2) is 12.1. The summed E-state index contributed by atoms with van der Waals surface area (Å²) in [5, 5.41) is 40.6. The fourth-order valence-electron chi connectivity index (χ4n) is 10.5. The maximum atomic E-state index is 10.6. The number of rotatable bonds is 8. The minimum Gasteiger partial charge on any atom is -0.394 e. The van der Waals surface area contributed by atoms with Gasteiger partial charge in [0.15, 0.2) is 6.29 Å². The SMILES string of the molecule is CC(C)[C@H](C)CC[C@@H](C)[C@H]1CC[C@H]2C3=CC[C@H]4[C@H](C)[C@@H](O[C@@H]5O[C@H](CO)[C@@H](O)[C@H](O)[C@H]5O)CC[C@]4(C)[C@H]3CC[C@]12C. The van der Waals surface area contributed by atoms with Crippen molar-refractivity contribution in [3.05, 3.63) is 11.6 Å². The molecule has 0 aromatic carbocycles. The minimum atomic E-state index is -1.40. The van der Waals surface area contributed by atoms with Gasteiger partial charge >= 0.3 is 0 Å². The lowest BCUT2D eigenvalue weighted by Crippen LogP contribution is -2.60. The summed E-state index contributed by atoms with van der Waals surface area (Å²) in [6.45, 7) is 16.7. The molecule has 1 aliphatic heterocycles. The molecule has 3 saturated carbocycles. The summed E-state index contributed by atoms with van der Waals surface area (Å²) in [5.41, 5.74) is 2.46. The first kappa shape index (κ1) is 31.9. The zero-order chi connectivity index (χ0) is 29.9. The van der Waals surface area contributed by atoms with Crippen LogP contribution in [-0.2, 0) is 9.47 Å². The van der Waals surface area contributed by atoms with E-state index in [9.17, 15) is 20.4 Å². The number of aliphatic hydroxyl groups is 4. The highest BCUT2D eigenvalue weighted by Gasteiger charge is 2.59. The number of ether oxygens (including phenoxy) is 2. The first-order valence-electron chi connectivity index (χ1n) is 17.0. The molecule has 5 aliphatic rings. The summed E-state index contributed by atoms with van der Waals surface area (Å²) < 4.78 is 12.1. The van der Waals surface area contributed by atoms with Crippen LogP contribution in [0, 0.1) is 58.2 Å². The lowest BCUT2D eigenvalue weighted by Gasteiger charge is -2.60. The molecule has 4 aliphatic carbocycles. The monoisotopic (exact) mass is 576 g/mol. The zero-order valence-electron chi connectivity index (χ0n) is 26.8. The quantitative estimate of drug-likeness (QED) is 0.277. The molecule has 1 saturated heterocycles. The molecular formula is C35H60O6. The van der Waals surface area contributed by atoms with Gasteiger partial charge in [-0.05, 0) is 103 Å². The van der Waals surface area contributed by atoms with Gasteiger partial charge in [0.05, 0.1) is 12.7 Å². The lowest BCUT2D eigenvalue weighted by molar-refractivity contribution is -0.320. The summed E-state index contributed by atoms with van der Waals surface area (Å²) in [5.74, 6) is 5.36. The van der Waals surface area contributed by atoms with Gasteiger partial charge in [0, 0.05) is 0 Å². The van der Waals surface area contributed by atoms with Crippen molar-refractivity contribution >= 4 is 0 Å². The predicted molar refractivity (Wildman–Crippen MR) is 161 cm³/mol. The van der Waals surface area contributed by atoms with Crippen LogP contribution in [0.3, 0.4) is 0 Å². The van der Waals surface area contributed by atoms with E-state index in [0.29, 0.717) is 17.3 Å². The van der Waals surface area contributed by atoms with Crippen molar-refractivity contribution in [1.29, 1.82) is 0 Å². The van der Waals surface area contributed by atoms with E-state index in [2.05, 4.69) is 54.5 Å². The van der Waals surface area contributed by atoms with Crippen LogP contribution in [0.1, 0.15) is 106 Å². The Labute approximate surface area is 249 Å². The van der Waals surface area contributed by atoms with Crippen LogP contribution in [0.2, 0.25) is 0 Å². The maximum absolute atomic E-state index is 10.6. The van der Waals surface area contributed by atoms with Crippen LogP contribution in [0.5, 0.6) is 0 Å². The Kier molecular flexibility index (Phi) is 9.43. The summed E-state index contributed by atoms with van der Waals surface area (Å²) >= 11 is 0. The molecule has 0 bridgehead atoms. The molecule has 0 radical (unpaired) electrons. The average Bonchev–Trinajstić information content (AvgIpc) is 3.30. The van der Waals surface area contributed by atoms with E-state index in [1.165, 1.54) is 38.5 Å². The van der Waals surface area contributed by atoms with Crippen molar-refractivity contribution in [2.24, 2.45) is 58.2 Å². The van der Waals surface area contributed by atoms with Gasteiger partial charge in [-0.3, -0.25) is 0 Å². The molecule has 0 spiro atoms. The van der Waals surface area contributed by atoms with Crippen LogP contribution in [0.4, 0.5) is 0 Å². The van der Waals surface area contributed by atoms with Gasteiger partial charge in [-0.2, -0.15) is 0 Å². The molecule has 0 aromatic rings. The van der Waals surface area contributed by atoms with Gasteiger partial charge in [-0.15, -0.1) is 0 Å². The van der Waals surface area contributed by atoms with E-state index in [-0.39, 0.29) is 17.4 Å². The van der Waals surface area contributed by atoms with E-state index in [1.54, 1.807) is 5.57 Å². The second-order valence-electron chi connectivity index (χ2n) is 15.9. The third-order valence-electron chi connectivity index (χ3n) is 13.7. The summed E-state index contributed by atoms with van der Waals surface area (Å²) in [4.78, 5) is 0. The third kappa shape index (κ3) is 5.50. The third-order valence-corrected chi connectivity index (χ3v) is 13.7. The van der Waals surface area contributed by atoms with Gasteiger partial charge in [0.1, 0.15) is 24.4 Å². The highest BCUT2D eigenvalue weighted by atomic mass is 16.7. The molecule has 6 heteroatoms. The number of hydrogen-bond donors (Lipinski definition) is 4. The fourth-order valence-corrected chi connectivity index (χ4v) is 10.5. The number of allylic oxidation sites excluding steroid dienone is 2. The molecule has 4 fully saturated rings. The fraction of sp³-hybridized carbons (Fsp3) is 0.943. The van der Waals surface area contributed by atoms with E-state index in [4.69, 9.17) is 9.47 Å². The predicted octanol–water partition coefficient (Wildman–Crippen LogP) is 5.70. The molecule has 4 N–H and O–H groups in total. The Morgan fingerprint density at radius 3 is 2.27 bits per heavy atom. The average molecular weight is 577 g/mol. The molecule has 5 rings (SSSR count). The van der Waals surface area contributed by atoms with Crippen LogP contribution in [-0.4, -0.2) is 63.8 Å². The standard InChI is InChI=1S/C35H60O6/c1-19(2)20(3)8-9-21(4)24-12-13-26-23-10-11-25-22(5)28(15-17-35(25,7)27(23)14-16-34(24,26)6)40-33-32(39)31(38)30(37)29(18-36)41-33/h10,19-22,24-33,36-39H,8-9,11-18H2,1-7H3/t20-,21-,22+,24-,25+,26+,27+,28+,29-,30-,31+,32-,33-,34-,35+/m1/s1. The van der Waals surface area contributed by atoms with Crippen molar-refractivity contribution in [3.63, 3.8) is 0 Å². The molecule has 0 aromatic heterocycles. The van der Waals surface area contributed by atoms with E-state index in [0.717, 1.165) is 48.9 Å². The lowest BCUT2D eigenvalue weighted by atomic mass is 9.46. The smallest absolute Gasteiger partial charge is 0.186 e. The first-order chi connectivity index (χ1) is 19.3. The van der Waals surface area contributed by atoms with Gasteiger partial charge in [0.25, 0.3) is 0 Å². The Morgan fingerprint density at radius 2 is 1.59 bits per heavy atom. The molecule has 15 atom stereocenters. The van der Waals surface area contributed by atoms with Crippen LogP contribution in [0.15, 0.2) is 11.6 Å². The molecule has 236 valence electrons. The van der Waals surface area contributed by atoms with Crippen LogP contribution < -0.4 is 0 Å². The number of aliphatic hydroxyl groups excluding tert-OH is 4. The Bertz CT molecular complexity index is 934. The largest absolute Gasteiger partial charge is 0.394 e. The van der Waals surface area contributed by atoms with E-state index < -0.39 is 37.3 Å². The number of hydrogen-bond acceptors (Lipinski definition) is 6. The highest BCUT2D eigenvalue weighted by molar-refractivity contribution is 5.28. The van der Waals surface area contributed by atoms with Crippen molar-refractivity contribution in [2.75, 3.05) is 6.61 Å². The zero-order valence-corrected chi connectivity index (χ0v) is 26.8. The first-order valence-corrected chi connectivity index (χ1v) is 17.0. The maximum Gasteiger partial charge on any atom is 0.186 e. The Morgan fingerprint density at radius 1 is 0.902 bits per heavy atom. The molecule has 41 heavy (non-hydrogen) atoms. The summed E-state index contributed by atoms with van der Waals surface area (Å²) in [6, 6.07) is 0. The van der Waals surface area contributed by atoms with Gasteiger partial charge < -0.3 is 29.9 Å². The Balaban J connectivity index is 1.27. The Hall–Kier alpha value is -0.500. The van der Waals surface area contributed by atoms with Gasteiger partial charge in [-0.1, -0.05) is 73.0 Å². The topological polar surface area (TPSA) is 99.4 Å². The van der Waals surface area contributed by atoms with E-state index >= 15 is 0 Å². The molecule has 0 unspecified atom stereocenters. The molecule has 6 nitrogen and oxygen atoms in total. The summed E-state index contributed by atoms with van der Waals surface area (Å²) in [6.07, 6.45) is 7.61. The normalized spacial score (nSPS) is 49.6. The molecule has 1 heterocycles. The van der Waals surface area contributed by atoms with Gasteiger partial charge in [0.2, 0.25) is 0 Å². The van der Waals surface area contributed by atoms with Crippen molar-refractivity contribution in [1.82, 2.24) is 0 Å². The van der Waals surface area contributed by atoms with Crippen molar-refractivity contribution in [2.45, 2.75) is 143 Å². The number of fused-ring (bicyclic) bond motifs is 5. The van der Waals surface area contributed by atoms with Gasteiger partial charge in [-0.25, -0.2) is 0 Å². The van der Waals surface area contributed by atoms with Crippen LogP contribution >= 0.6 is 0 Å². The van der Waals surface area contributed by atoms with E-state index in [1.807, 2.05) is 0 Å². The molecular weight excluding hydrogens is 516 g/mol. The second-order valence-corrected chi connectivity index (χ2v) is 15.9. The summed E-state index contributed by atoms with van der Waals surface area (Å²) in [7, 11) is 0. The van der Waals surface area contributed by atoms with Crippen molar-refractivity contribution in [3.8, 4) is 0 Å². The highest BCUT2D eigenvalue weighted by Crippen LogP contribution is 2.67. The molecule has 0 amide bonds. The minimum absolute atomic E-state index is 0.0942.